The maximum atomic E-state index is 12.1. The maximum absolute atomic E-state index is 12.1. The highest BCUT2D eigenvalue weighted by molar-refractivity contribution is 5.74. The third-order valence-electron chi connectivity index (χ3n) is 5.22. The Morgan fingerprint density at radius 2 is 1.81 bits per heavy atom. The number of fused-ring (bicyclic) bond motifs is 1. The summed E-state index contributed by atoms with van der Waals surface area (Å²) in [5, 5.41) is 1.05. The molecule has 3 aromatic heterocycles. The van der Waals surface area contributed by atoms with Gasteiger partial charge in [0.1, 0.15) is 5.82 Å². The first-order chi connectivity index (χ1) is 12.5. The van der Waals surface area contributed by atoms with Gasteiger partial charge < -0.3 is 4.90 Å². The van der Waals surface area contributed by atoms with Crippen molar-refractivity contribution in [2.75, 3.05) is 18.0 Å². The molecule has 0 N–H and O–H groups in total. The summed E-state index contributed by atoms with van der Waals surface area (Å²) in [7, 11) is 3.21. The molecule has 0 unspecified atom stereocenters. The molecular formula is C19H21N5O2. The van der Waals surface area contributed by atoms with Crippen molar-refractivity contribution < 1.29 is 0 Å². The van der Waals surface area contributed by atoms with Gasteiger partial charge in [0.05, 0.1) is 0 Å². The summed E-state index contributed by atoms with van der Waals surface area (Å²) in [6.07, 6.45) is 3.61. The van der Waals surface area contributed by atoms with Crippen molar-refractivity contribution in [3.05, 3.63) is 63.1 Å². The largest absolute Gasteiger partial charge is 0.358 e. The van der Waals surface area contributed by atoms with E-state index >= 15 is 0 Å². The topological polar surface area (TPSA) is 73.0 Å². The number of aromatic nitrogens is 4. The Kier molecular flexibility index (Phi) is 4.06. The van der Waals surface area contributed by atoms with Crippen molar-refractivity contribution in [3.63, 3.8) is 0 Å². The monoisotopic (exact) mass is 351 g/mol. The molecule has 0 saturated carbocycles. The number of piperidine rings is 1. The van der Waals surface area contributed by atoms with E-state index in [1.165, 1.54) is 7.05 Å². The Labute approximate surface area is 150 Å². The molecule has 0 spiro atoms. The average molecular weight is 351 g/mol. The van der Waals surface area contributed by atoms with Gasteiger partial charge in [-0.2, -0.15) is 0 Å². The van der Waals surface area contributed by atoms with E-state index in [4.69, 9.17) is 4.98 Å². The number of anilines is 1. The lowest BCUT2D eigenvalue weighted by molar-refractivity contribution is 0.487. The molecular weight excluding hydrogens is 330 g/mol. The van der Waals surface area contributed by atoms with Crippen LogP contribution in [0.25, 0.3) is 11.0 Å². The van der Waals surface area contributed by atoms with E-state index in [1.54, 1.807) is 23.9 Å². The van der Waals surface area contributed by atoms with Crippen LogP contribution in [-0.4, -0.2) is 32.2 Å². The van der Waals surface area contributed by atoms with Gasteiger partial charge in [-0.25, -0.2) is 14.8 Å². The summed E-state index contributed by atoms with van der Waals surface area (Å²) in [5.74, 6) is 1.05. The molecule has 4 heterocycles. The second-order valence-corrected chi connectivity index (χ2v) is 6.79. The Morgan fingerprint density at radius 3 is 2.58 bits per heavy atom. The van der Waals surface area contributed by atoms with Gasteiger partial charge in [0.2, 0.25) is 0 Å². The van der Waals surface area contributed by atoms with Crippen LogP contribution >= 0.6 is 0 Å². The van der Waals surface area contributed by atoms with Crippen LogP contribution in [0.3, 0.4) is 0 Å². The van der Waals surface area contributed by atoms with Gasteiger partial charge in [0.15, 0.2) is 5.65 Å². The molecule has 1 saturated heterocycles. The van der Waals surface area contributed by atoms with Crippen LogP contribution in [0.15, 0.2) is 46.1 Å². The van der Waals surface area contributed by atoms with E-state index in [1.807, 2.05) is 12.1 Å². The summed E-state index contributed by atoms with van der Waals surface area (Å²) >= 11 is 0. The van der Waals surface area contributed by atoms with Crippen LogP contribution in [0.2, 0.25) is 0 Å². The lowest BCUT2D eigenvalue weighted by Gasteiger charge is -2.34. The van der Waals surface area contributed by atoms with Gasteiger partial charge >= 0.3 is 5.69 Å². The lowest BCUT2D eigenvalue weighted by atomic mass is 9.93. The molecule has 1 fully saturated rings. The van der Waals surface area contributed by atoms with E-state index in [2.05, 4.69) is 22.0 Å². The number of nitrogens with zero attached hydrogens (tertiary/aromatic N) is 5. The minimum atomic E-state index is -0.295. The first-order valence-corrected chi connectivity index (χ1v) is 8.78. The molecule has 7 nitrogen and oxygen atoms in total. The fourth-order valence-electron chi connectivity index (χ4n) is 3.62. The van der Waals surface area contributed by atoms with Gasteiger partial charge in [0.25, 0.3) is 5.56 Å². The predicted octanol–water partition coefficient (Wildman–Crippen LogP) is 1.41. The molecule has 0 aromatic carbocycles. The first kappa shape index (κ1) is 16.5. The second kappa shape index (κ2) is 6.40. The number of rotatable bonds is 2. The molecule has 134 valence electrons. The molecule has 7 heteroatoms. The van der Waals surface area contributed by atoms with Crippen LogP contribution in [0.4, 0.5) is 5.82 Å². The molecule has 26 heavy (non-hydrogen) atoms. The molecule has 3 aromatic rings. The van der Waals surface area contributed by atoms with Crippen molar-refractivity contribution in [1.29, 1.82) is 0 Å². The van der Waals surface area contributed by atoms with Crippen molar-refractivity contribution in [3.8, 4) is 0 Å². The zero-order valence-corrected chi connectivity index (χ0v) is 14.9. The van der Waals surface area contributed by atoms with Crippen LogP contribution in [0, 0.1) is 0 Å². The minimum Gasteiger partial charge on any atom is -0.358 e. The Bertz CT molecular complexity index is 1080. The summed E-state index contributed by atoms with van der Waals surface area (Å²) in [6.45, 7) is 1.57. The average Bonchev–Trinajstić information content (AvgIpc) is 2.69. The lowest BCUT2D eigenvalue weighted by Crippen LogP contribution is -2.42. The van der Waals surface area contributed by atoms with E-state index in [9.17, 15) is 9.59 Å². The molecule has 0 atom stereocenters. The smallest absolute Gasteiger partial charge is 0.332 e. The highest BCUT2D eigenvalue weighted by Crippen LogP contribution is 2.29. The SMILES string of the molecule is Cn1c(N2CCC(c3ccc4cccnc4n3)CC2)cc(=O)n(C)c1=O. The van der Waals surface area contributed by atoms with E-state index in [0.717, 1.165) is 47.2 Å². The molecule has 1 aliphatic rings. The summed E-state index contributed by atoms with van der Waals surface area (Å²) < 4.78 is 2.67. The van der Waals surface area contributed by atoms with Gasteiger partial charge in [-0.15, -0.1) is 0 Å². The van der Waals surface area contributed by atoms with Crippen LogP contribution < -0.4 is 16.1 Å². The van der Waals surface area contributed by atoms with Crippen molar-refractivity contribution in [1.82, 2.24) is 19.1 Å². The fraction of sp³-hybridized carbons (Fsp3) is 0.368. The normalized spacial score (nSPS) is 15.5. The van der Waals surface area contributed by atoms with E-state index in [-0.39, 0.29) is 11.2 Å². The highest BCUT2D eigenvalue weighted by atomic mass is 16.2. The Hall–Kier alpha value is -2.96. The van der Waals surface area contributed by atoms with Crippen molar-refractivity contribution >= 4 is 16.9 Å². The highest BCUT2D eigenvalue weighted by Gasteiger charge is 2.24. The zero-order valence-electron chi connectivity index (χ0n) is 14.9. The number of hydrogen-bond donors (Lipinski definition) is 0. The zero-order chi connectivity index (χ0) is 18.3. The minimum absolute atomic E-state index is 0.271. The van der Waals surface area contributed by atoms with Crippen molar-refractivity contribution in [2.45, 2.75) is 18.8 Å². The number of pyridine rings is 2. The van der Waals surface area contributed by atoms with Crippen LogP contribution in [0.1, 0.15) is 24.5 Å². The van der Waals surface area contributed by atoms with E-state index in [0.29, 0.717) is 11.7 Å². The fourth-order valence-corrected chi connectivity index (χ4v) is 3.62. The maximum Gasteiger partial charge on any atom is 0.332 e. The molecule has 0 radical (unpaired) electrons. The van der Waals surface area contributed by atoms with Gasteiger partial charge in [-0.1, -0.05) is 0 Å². The standard InChI is InChI=1S/C19H21N5O2/c1-22-16(12-17(25)23(2)19(22)26)24-10-7-13(8-11-24)15-6-5-14-4-3-9-20-18(14)21-15/h3-6,9,12-13H,7-8,10-11H2,1-2H3. The third kappa shape index (κ3) is 2.79. The number of hydrogen-bond acceptors (Lipinski definition) is 5. The molecule has 0 aliphatic carbocycles. The first-order valence-electron chi connectivity index (χ1n) is 8.78. The second-order valence-electron chi connectivity index (χ2n) is 6.79. The van der Waals surface area contributed by atoms with E-state index < -0.39 is 0 Å². The van der Waals surface area contributed by atoms with Gasteiger partial charge in [-0.3, -0.25) is 13.9 Å². The van der Waals surface area contributed by atoms with Crippen molar-refractivity contribution in [2.24, 2.45) is 14.1 Å². The molecule has 0 bridgehead atoms. The summed E-state index contributed by atoms with van der Waals surface area (Å²) in [5.41, 5.74) is 1.28. The summed E-state index contributed by atoms with van der Waals surface area (Å²) in [6, 6.07) is 9.62. The third-order valence-corrected chi connectivity index (χ3v) is 5.22. The van der Waals surface area contributed by atoms with Gasteiger partial charge in [-0.05, 0) is 37.1 Å². The molecule has 4 rings (SSSR count). The molecule has 0 amide bonds. The van der Waals surface area contributed by atoms with Crippen LogP contribution in [0.5, 0.6) is 0 Å². The summed E-state index contributed by atoms with van der Waals surface area (Å²) in [4.78, 5) is 35.3. The van der Waals surface area contributed by atoms with Gasteiger partial charge in [0, 0.05) is 56.4 Å². The van der Waals surface area contributed by atoms with Crippen LogP contribution in [-0.2, 0) is 14.1 Å². The Morgan fingerprint density at radius 1 is 1.04 bits per heavy atom. The quantitative estimate of drug-likeness (QED) is 0.698. The predicted molar refractivity (Wildman–Crippen MR) is 101 cm³/mol. The Balaban J connectivity index is 1.55. The molecule has 1 aliphatic heterocycles.